The van der Waals surface area contributed by atoms with Gasteiger partial charge in [0.2, 0.25) is 0 Å². The van der Waals surface area contributed by atoms with Gasteiger partial charge in [0.1, 0.15) is 5.75 Å². The third-order valence-corrected chi connectivity index (χ3v) is 3.62. The van der Waals surface area contributed by atoms with Crippen molar-refractivity contribution in [3.05, 3.63) is 45.9 Å². The Balaban J connectivity index is 1.87. The molecule has 0 aliphatic rings. The number of nitrogens with zero attached hydrogens (tertiary/aromatic N) is 1. The number of thiazole rings is 1. The first-order valence-corrected chi connectivity index (χ1v) is 7.84. The van der Waals surface area contributed by atoms with Crippen LogP contribution in [-0.4, -0.2) is 17.5 Å². The molecule has 5 heteroatoms. The molecule has 2 aromatic rings. The van der Waals surface area contributed by atoms with Crippen LogP contribution in [0.15, 0.2) is 29.6 Å². The zero-order valence-corrected chi connectivity index (χ0v) is 13.4. The van der Waals surface area contributed by atoms with Crippen molar-refractivity contribution < 1.29 is 9.53 Å². The molecule has 0 fully saturated rings. The first-order chi connectivity index (χ1) is 10.0. The third-order valence-electron chi connectivity index (χ3n) is 2.80. The monoisotopic (exact) mass is 304 g/mol. The number of carbonyl (C=O) groups excluding carboxylic acids is 1. The number of nitrogens with one attached hydrogen (secondary N) is 1. The molecule has 4 nitrogen and oxygen atoms in total. The summed E-state index contributed by atoms with van der Waals surface area (Å²) in [5.41, 5.74) is 1.52. The Hall–Kier alpha value is -1.88. The molecule has 1 amide bonds. The van der Waals surface area contributed by atoms with Gasteiger partial charge < -0.3 is 10.1 Å². The molecule has 1 N–H and O–H groups in total. The van der Waals surface area contributed by atoms with Crippen LogP contribution in [0.3, 0.4) is 0 Å². The lowest BCUT2D eigenvalue weighted by Gasteiger charge is -2.09. The van der Waals surface area contributed by atoms with Gasteiger partial charge >= 0.3 is 0 Å². The highest BCUT2D eigenvalue weighted by Gasteiger charge is 2.07. The van der Waals surface area contributed by atoms with Crippen LogP contribution in [0.4, 0.5) is 0 Å². The van der Waals surface area contributed by atoms with Crippen molar-refractivity contribution in [1.82, 2.24) is 10.3 Å². The summed E-state index contributed by atoms with van der Waals surface area (Å²) >= 11 is 1.58. The van der Waals surface area contributed by atoms with Gasteiger partial charge in [0.25, 0.3) is 5.91 Å². The molecule has 0 unspecified atom stereocenters. The molecule has 0 aliphatic carbocycles. The van der Waals surface area contributed by atoms with Crippen LogP contribution < -0.4 is 10.1 Å². The predicted molar refractivity (Wildman–Crippen MR) is 84.8 cm³/mol. The van der Waals surface area contributed by atoms with E-state index in [-0.39, 0.29) is 5.91 Å². The highest BCUT2D eigenvalue weighted by Crippen LogP contribution is 2.13. The van der Waals surface area contributed by atoms with Gasteiger partial charge in [0.15, 0.2) is 0 Å². The van der Waals surface area contributed by atoms with E-state index in [4.69, 9.17) is 4.74 Å². The number of rotatable bonds is 6. The minimum Gasteiger partial charge on any atom is -0.493 e. The van der Waals surface area contributed by atoms with Crippen molar-refractivity contribution in [2.24, 2.45) is 5.92 Å². The highest BCUT2D eigenvalue weighted by atomic mass is 32.1. The van der Waals surface area contributed by atoms with Crippen molar-refractivity contribution in [2.45, 2.75) is 27.3 Å². The predicted octanol–water partition coefficient (Wildman–Crippen LogP) is 3.42. The minimum atomic E-state index is -0.101. The molecular weight excluding hydrogens is 284 g/mol. The van der Waals surface area contributed by atoms with E-state index < -0.39 is 0 Å². The SMILES string of the molecule is Cc1nc(CNC(=O)c2ccc(OCC(C)C)cc2)cs1. The summed E-state index contributed by atoms with van der Waals surface area (Å²) in [6.45, 7) is 7.28. The van der Waals surface area contributed by atoms with E-state index in [1.165, 1.54) is 0 Å². The van der Waals surface area contributed by atoms with Gasteiger partial charge in [0.05, 0.1) is 23.9 Å². The first-order valence-electron chi connectivity index (χ1n) is 6.96. The number of hydrogen-bond acceptors (Lipinski definition) is 4. The van der Waals surface area contributed by atoms with Gasteiger partial charge in [-0.25, -0.2) is 4.98 Å². The van der Waals surface area contributed by atoms with Crippen molar-refractivity contribution in [2.75, 3.05) is 6.61 Å². The number of hydrogen-bond donors (Lipinski definition) is 1. The maximum absolute atomic E-state index is 12.0. The van der Waals surface area contributed by atoms with Crippen molar-refractivity contribution in [3.8, 4) is 5.75 Å². The number of amides is 1. The molecule has 0 saturated heterocycles. The van der Waals surface area contributed by atoms with E-state index >= 15 is 0 Å². The van der Waals surface area contributed by atoms with Gasteiger partial charge in [-0.05, 0) is 37.1 Å². The lowest BCUT2D eigenvalue weighted by atomic mass is 10.2. The van der Waals surface area contributed by atoms with E-state index in [1.54, 1.807) is 23.5 Å². The molecule has 112 valence electrons. The molecule has 2 rings (SSSR count). The Bertz CT molecular complexity index is 591. The largest absolute Gasteiger partial charge is 0.493 e. The average molecular weight is 304 g/mol. The summed E-state index contributed by atoms with van der Waals surface area (Å²) in [4.78, 5) is 16.3. The smallest absolute Gasteiger partial charge is 0.251 e. The van der Waals surface area contributed by atoms with Crippen LogP contribution in [0.5, 0.6) is 5.75 Å². The fourth-order valence-corrected chi connectivity index (χ4v) is 2.34. The van der Waals surface area contributed by atoms with E-state index in [9.17, 15) is 4.79 Å². The fraction of sp³-hybridized carbons (Fsp3) is 0.375. The maximum Gasteiger partial charge on any atom is 0.251 e. The number of carbonyl (C=O) groups is 1. The summed E-state index contributed by atoms with van der Waals surface area (Å²) in [7, 11) is 0. The van der Waals surface area contributed by atoms with Crippen LogP contribution in [-0.2, 0) is 6.54 Å². The Morgan fingerprint density at radius 3 is 2.62 bits per heavy atom. The second kappa shape index (κ2) is 7.22. The van der Waals surface area contributed by atoms with Crippen molar-refractivity contribution in [3.63, 3.8) is 0 Å². The summed E-state index contributed by atoms with van der Waals surface area (Å²) in [5, 5.41) is 5.82. The van der Waals surface area contributed by atoms with Gasteiger partial charge in [0, 0.05) is 10.9 Å². The molecule has 0 atom stereocenters. The van der Waals surface area contributed by atoms with Gasteiger partial charge in [-0.2, -0.15) is 0 Å². The summed E-state index contributed by atoms with van der Waals surface area (Å²) < 4.78 is 5.59. The zero-order valence-electron chi connectivity index (χ0n) is 12.6. The van der Waals surface area contributed by atoms with E-state index in [2.05, 4.69) is 24.1 Å². The third kappa shape index (κ3) is 4.86. The first kappa shape index (κ1) is 15.5. The molecule has 0 aliphatic heterocycles. The average Bonchev–Trinajstić information content (AvgIpc) is 2.89. The molecule has 1 heterocycles. The van der Waals surface area contributed by atoms with Crippen LogP contribution in [0, 0.1) is 12.8 Å². The minimum absolute atomic E-state index is 0.101. The standard InChI is InChI=1S/C16H20N2O2S/c1-11(2)9-20-15-6-4-13(5-7-15)16(19)17-8-14-10-21-12(3)18-14/h4-7,10-11H,8-9H2,1-3H3,(H,17,19). The molecule has 1 aromatic heterocycles. The maximum atomic E-state index is 12.0. The summed E-state index contributed by atoms with van der Waals surface area (Å²) in [6, 6.07) is 7.20. The van der Waals surface area contributed by atoms with Gasteiger partial charge in [-0.1, -0.05) is 13.8 Å². The Morgan fingerprint density at radius 1 is 1.33 bits per heavy atom. The van der Waals surface area contributed by atoms with E-state index in [0.29, 0.717) is 24.6 Å². The quantitative estimate of drug-likeness (QED) is 0.889. The normalized spacial score (nSPS) is 10.7. The second-order valence-electron chi connectivity index (χ2n) is 5.27. The van der Waals surface area contributed by atoms with Crippen molar-refractivity contribution >= 4 is 17.2 Å². The molecule has 0 saturated carbocycles. The van der Waals surface area contributed by atoms with Gasteiger partial charge in [-0.3, -0.25) is 4.79 Å². The number of aromatic nitrogens is 1. The molecule has 0 bridgehead atoms. The van der Waals surface area contributed by atoms with E-state index in [1.807, 2.05) is 24.4 Å². The van der Waals surface area contributed by atoms with Gasteiger partial charge in [-0.15, -0.1) is 11.3 Å². The Labute approximate surface area is 129 Å². The summed E-state index contributed by atoms with van der Waals surface area (Å²) in [5.74, 6) is 1.17. The number of benzene rings is 1. The number of ether oxygens (including phenoxy) is 1. The molecule has 21 heavy (non-hydrogen) atoms. The van der Waals surface area contributed by atoms with Crippen LogP contribution >= 0.6 is 11.3 Å². The van der Waals surface area contributed by atoms with Crippen LogP contribution in [0.25, 0.3) is 0 Å². The molecule has 0 radical (unpaired) electrons. The van der Waals surface area contributed by atoms with Crippen molar-refractivity contribution in [1.29, 1.82) is 0 Å². The summed E-state index contributed by atoms with van der Waals surface area (Å²) in [6.07, 6.45) is 0. The van der Waals surface area contributed by atoms with Crippen LogP contribution in [0.2, 0.25) is 0 Å². The Kier molecular flexibility index (Phi) is 5.33. The number of aryl methyl sites for hydroxylation is 1. The molecular formula is C16H20N2O2S. The van der Waals surface area contributed by atoms with Crippen LogP contribution in [0.1, 0.15) is 34.9 Å². The fourth-order valence-electron chi connectivity index (χ4n) is 1.73. The highest BCUT2D eigenvalue weighted by molar-refractivity contribution is 7.09. The van der Waals surface area contributed by atoms with E-state index in [0.717, 1.165) is 16.5 Å². The lowest BCUT2D eigenvalue weighted by molar-refractivity contribution is 0.0950. The zero-order chi connectivity index (χ0) is 15.2. The second-order valence-corrected chi connectivity index (χ2v) is 6.33. The Morgan fingerprint density at radius 2 is 2.05 bits per heavy atom. The lowest BCUT2D eigenvalue weighted by Crippen LogP contribution is -2.22. The molecule has 1 aromatic carbocycles. The molecule has 0 spiro atoms. The topological polar surface area (TPSA) is 51.2 Å².